The smallest absolute Gasteiger partial charge is 0.372 e. The average molecular weight is 349 g/mol. The summed E-state index contributed by atoms with van der Waals surface area (Å²) in [7, 11) is 2.73. The highest BCUT2D eigenvalue weighted by molar-refractivity contribution is 8.03. The molecule has 0 aliphatic heterocycles. The van der Waals surface area contributed by atoms with Gasteiger partial charge >= 0.3 is 6.09 Å². The van der Waals surface area contributed by atoms with Crippen LogP contribution in [-0.4, -0.2) is 39.0 Å². The van der Waals surface area contributed by atoms with Gasteiger partial charge in [0.15, 0.2) is 5.71 Å². The fraction of sp³-hybridized carbons (Fsp3) is 0.667. The van der Waals surface area contributed by atoms with Crippen molar-refractivity contribution in [1.29, 1.82) is 5.26 Å². The molecular weight excluding hydrogens is 337 g/mol. The van der Waals surface area contributed by atoms with Crippen LogP contribution < -0.4 is 0 Å². The van der Waals surface area contributed by atoms with E-state index in [-0.39, 0.29) is 5.71 Å². The molecule has 0 unspecified atom stereocenters. The molecule has 0 aromatic carbocycles. The first kappa shape index (κ1) is 18.6. The minimum atomic E-state index is -1.71. The van der Waals surface area contributed by atoms with Crippen molar-refractivity contribution >= 4 is 58.6 Å². The second kappa shape index (κ2) is 7.41. The summed E-state index contributed by atoms with van der Waals surface area (Å²) < 4.78 is 4.27. The van der Waals surface area contributed by atoms with Gasteiger partial charge in [0.05, 0.1) is 0 Å². The van der Waals surface area contributed by atoms with Gasteiger partial charge in [0.25, 0.3) is 3.12 Å². The second-order valence-electron chi connectivity index (χ2n) is 3.66. The van der Waals surface area contributed by atoms with Gasteiger partial charge in [-0.3, -0.25) is 4.84 Å². The van der Waals surface area contributed by atoms with Crippen molar-refractivity contribution in [2.24, 2.45) is 5.16 Å². The lowest BCUT2D eigenvalue weighted by Gasteiger charge is -2.20. The van der Waals surface area contributed by atoms with E-state index >= 15 is 0 Å². The van der Waals surface area contributed by atoms with Gasteiger partial charge in [-0.2, -0.15) is 5.26 Å². The first-order chi connectivity index (χ1) is 8.53. The Morgan fingerprint density at radius 1 is 1.42 bits per heavy atom. The quantitative estimate of drug-likeness (QED) is 0.256. The molecule has 0 N–H and O–H groups in total. The summed E-state index contributed by atoms with van der Waals surface area (Å²) in [5.41, 5.74) is -1.08. The van der Waals surface area contributed by atoms with Crippen molar-refractivity contribution in [1.82, 2.24) is 4.31 Å². The van der Waals surface area contributed by atoms with Crippen LogP contribution in [-0.2, 0) is 9.57 Å². The molecule has 0 fully saturated rings. The molecule has 108 valence electrons. The molecule has 0 saturated carbocycles. The third-order valence-corrected chi connectivity index (χ3v) is 3.15. The van der Waals surface area contributed by atoms with Gasteiger partial charge in [0.1, 0.15) is 11.7 Å². The van der Waals surface area contributed by atoms with Crippen LogP contribution in [0.1, 0.15) is 13.8 Å². The van der Waals surface area contributed by atoms with Crippen molar-refractivity contribution in [3.63, 3.8) is 0 Å². The molecule has 1 amide bonds. The number of hydrogen-bond donors (Lipinski definition) is 0. The molecule has 0 spiro atoms. The Labute approximate surface area is 130 Å². The lowest BCUT2D eigenvalue weighted by molar-refractivity contribution is 0.0782. The second-order valence-corrected chi connectivity index (χ2v) is 7.95. The van der Waals surface area contributed by atoms with Crippen molar-refractivity contribution in [2.75, 3.05) is 14.2 Å². The minimum absolute atomic E-state index is 0.101. The average Bonchev–Trinajstić information content (AvgIpc) is 2.26. The number of oxime groups is 1. The number of amides is 1. The molecule has 19 heavy (non-hydrogen) atoms. The summed E-state index contributed by atoms with van der Waals surface area (Å²) in [4.78, 5) is 16.1. The van der Waals surface area contributed by atoms with Crippen molar-refractivity contribution in [3.05, 3.63) is 0 Å². The number of carbonyl (C=O) groups excluding carboxylic acids is 1. The Morgan fingerprint density at radius 2 is 1.95 bits per heavy atom. The molecule has 0 atom stereocenters. The molecule has 0 aromatic heterocycles. The van der Waals surface area contributed by atoms with E-state index in [1.165, 1.54) is 14.2 Å². The van der Waals surface area contributed by atoms with Crippen LogP contribution in [0.5, 0.6) is 0 Å². The van der Waals surface area contributed by atoms with Crippen molar-refractivity contribution < 1.29 is 14.4 Å². The van der Waals surface area contributed by atoms with Gasteiger partial charge in [-0.1, -0.05) is 40.0 Å². The third-order valence-electron chi connectivity index (χ3n) is 1.90. The highest BCUT2D eigenvalue weighted by Crippen LogP contribution is 2.40. The Morgan fingerprint density at radius 3 is 2.32 bits per heavy atom. The van der Waals surface area contributed by atoms with Gasteiger partial charge in [0.2, 0.25) is 0 Å². The van der Waals surface area contributed by atoms with E-state index < -0.39 is 14.8 Å². The molecule has 0 saturated heterocycles. The first-order valence-electron chi connectivity index (χ1n) is 4.77. The molecule has 6 nitrogen and oxygen atoms in total. The number of nitrogens with zero attached hydrogens (tertiary/aromatic N) is 3. The van der Waals surface area contributed by atoms with Gasteiger partial charge < -0.3 is 4.74 Å². The predicted molar refractivity (Wildman–Crippen MR) is 76.3 cm³/mol. The molecule has 0 rings (SSSR count). The molecule has 0 aliphatic carbocycles. The molecule has 0 heterocycles. The van der Waals surface area contributed by atoms with Gasteiger partial charge in [0, 0.05) is 26.1 Å². The largest absolute Gasteiger partial charge is 0.445 e. The molecule has 0 radical (unpaired) electrons. The molecule has 0 aliphatic rings. The van der Waals surface area contributed by atoms with Crippen LogP contribution in [0.15, 0.2) is 5.16 Å². The number of methoxy groups -OCH3 is 1. The summed E-state index contributed by atoms with van der Waals surface area (Å²) >= 11 is 17.1. The van der Waals surface area contributed by atoms with E-state index in [1.54, 1.807) is 19.9 Å². The number of alkyl halides is 3. The van der Waals surface area contributed by atoms with Gasteiger partial charge in [-0.15, -0.1) is 0 Å². The number of halogens is 3. The van der Waals surface area contributed by atoms with Gasteiger partial charge in [-0.05, 0) is 13.8 Å². The lowest BCUT2D eigenvalue weighted by atomic mass is 10.0. The van der Waals surface area contributed by atoms with E-state index in [9.17, 15) is 4.79 Å². The van der Waals surface area contributed by atoms with Crippen LogP contribution in [0, 0.1) is 11.3 Å². The maximum Gasteiger partial charge on any atom is 0.445 e. The summed E-state index contributed by atoms with van der Waals surface area (Å²) in [6.07, 6.45) is -0.893. The topological polar surface area (TPSA) is 74.9 Å². The van der Waals surface area contributed by atoms with Crippen LogP contribution in [0.3, 0.4) is 0 Å². The summed E-state index contributed by atoms with van der Waals surface area (Å²) in [6.45, 7) is 3.20. The van der Waals surface area contributed by atoms with E-state index in [4.69, 9.17) is 44.8 Å². The first-order valence-corrected chi connectivity index (χ1v) is 6.68. The van der Waals surface area contributed by atoms with E-state index in [0.29, 0.717) is 11.9 Å². The maximum atomic E-state index is 11.5. The molecule has 10 heteroatoms. The number of carbonyl (C=O) groups is 1. The van der Waals surface area contributed by atoms with Crippen LogP contribution in [0.2, 0.25) is 0 Å². The Balaban J connectivity index is 4.70. The Kier molecular flexibility index (Phi) is 7.26. The fourth-order valence-electron chi connectivity index (χ4n) is 0.696. The number of ether oxygens (including phenoxy) is 1. The predicted octanol–water partition coefficient (Wildman–Crippen LogP) is 3.34. The SMILES string of the molecule is COC(C)(C)/C(C#N)=N/OC(=O)N(C)SC(Cl)(Cl)Cl. The van der Waals surface area contributed by atoms with E-state index in [1.807, 2.05) is 0 Å². The van der Waals surface area contributed by atoms with Crippen molar-refractivity contribution in [2.45, 2.75) is 22.6 Å². The molecular formula is C9H12Cl3N3O3S. The van der Waals surface area contributed by atoms with Crippen LogP contribution >= 0.6 is 46.8 Å². The maximum absolute atomic E-state index is 11.5. The lowest BCUT2D eigenvalue weighted by Crippen LogP contribution is -2.33. The summed E-state index contributed by atoms with van der Waals surface area (Å²) in [5, 5.41) is 12.3. The Bertz CT molecular complexity index is 404. The van der Waals surface area contributed by atoms with Crippen LogP contribution in [0.4, 0.5) is 4.79 Å². The standard InChI is InChI=1S/C9H12Cl3N3O3S/c1-8(2,17-4)6(5-13)14-18-7(16)15(3)19-9(10,11)12/h1-4H3/b14-6+. The minimum Gasteiger partial charge on any atom is -0.372 e. The monoisotopic (exact) mass is 347 g/mol. The van der Waals surface area contributed by atoms with Crippen molar-refractivity contribution in [3.8, 4) is 6.07 Å². The van der Waals surface area contributed by atoms with Gasteiger partial charge in [-0.25, -0.2) is 9.10 Å². The zero-order valence-electron chi connectivity index (χ0n) is 10.6. The molecule has 0 bridgehead atoms. The number of hydrogen-bond acceptors (Lipinski definition) is 6. The summed E-state index contributed by atoms with van der Waals surface area (Å²) in [5.74, 6) is 0. The fourth-order valence-corrected chi connectivity index (χ4v) is 2.05. The zero-order chi connectivity index (χ0) is 15.3. The highest BCUT2D eigenvalue weighted by Gasteiger charge is 2.29. The number of nitriles is 1. The normalized spacial score (nSPS) is 12.8. The Hall–Kier alpha value is -0.390. The zero-order valence-corrected chi connectivity index (χ0v) is 13.7. The van der Waals surface area contributed by atoms with E-state index in [0.717, 1.165) is 4.31 Å². The third kappa shape index (κ3) is 7.09. The summed E-state index contributed by atoms with van der Waals surface area (Å²) in [6, 6.07) is 1.78. The number of rotatable bonds is 4. The highest BCUT2D eigenvalue weighted by atomic mass is 35.6. The van der Waals surface area contributed by atoms with E-state index in [2.05, 4.69) is 9.99 Å². The van der Waals surface area contributed by atoms with Crippen LogP contribution in [0.25, 0.3) is 0 Å². The molecule has 0 aromatic rings.